The first-order valence-electron chi connectivity index (χ1n) is 17.6. The molecule has 0 amide bonds. The molecule has 4 aliphatic rings. The van der Waals surface area contributed by atoms with Gasteiger partial charge in [0.05, 0.1) is 13.2 Å². The number of fused-ring (bicyclic) bond motifs is 5. The smallest absolute Gasteiger partial charge is 0.305 e. The minimum Gasteiger partial charge on any atom is -0.469 e. The number of rotatable bonds is 17. The van der Waals surface area contributed by atoms with E-state index in [1.165, 1.54) is 45.6 Å². The molecule has 0 saturated heterocycles. The van der Waals surface area contributed by atoms with Gasteiger partial charge >= 0.3 is 5.97 Å². The zero-order valence-electron chi connectivity index (χ0n) is 27.4. The van der Waals surface area contributed by atoms with Crippen LogP contribution in [0.2, 0.25) is 0 Å². The minimum atomic E-state index is -0.179. The molecule has 0 aliphatic heterocycles. The molecule has 0 spiro atoms. The maximum absolute atomic E-state index is 11.8. The Kier molecular flexibility index (Phi) is 13.0. The number of nitrogens with one attached hydrogen (secondary N) is 1. The van der Waals surface area contributed by atoms with E-state index in [9.17, 15) is 9.90 Å². The maximum Gasteiger partial charge on any atom is 0.305 e. The largest absolute Gasteiger partial charge is 0.469 e. The fraction of sp³-hybridized carbons (Fsp3) is 0.971. The van der Waals surface area contributed by atoms with Gasteiger partial charge in [-0.2, -0.15) is 0 Å². The lowest BCUT2D eigenvalue weighted by Gasteiger charge is -2.62. The number of carbonyl (C=O) groups is 1. The van der Waals surface area contributed by atoms with Crippen molar-refractivity contribution in [2.45, 2.75) is 123 Å². The van der Waals surface area contributed by atoms with Crippen LogP contribution in [-0.4, -0.2) is 69.8 Å². The second kappa shape index (κ2) is 16.0. The van der Waals surface area contributed by atoms with Gasteiger partial charge in [0.25, 0.3) is 0 Å². The summed E-state index contributed by atoms with van der Waals surface area (Å²) in [6.45, 7) is 12.3. The molecule has 42 heavy (non-hydrogen) atoms. The van der Waals surface area contributed by atoms with Crippen molar-refractivity contribution in [2.24, 2.45) is 52.1 Å². The summed E-state index contributed by atoms with van der Waals surface area (Å²) >= 11 is 0. The number of hydrogen-bond acceptors (Lipinski definition) is 7. The molecule has 0 aromatic heterocycles. The molecule has 3 unspecified atom stereocenters. The van der Waals surface area contributed by atoms with E-state index in [2.05, 4.69) is 26.1 Å². The molecule has 0 aromatic rings. The summed E-state index contributed by atoms with van der Waals surface area (Å²) in [6.07, 6.45) is 15.1. The molecule has 244 valence electrons. The number of ether oxygens (including phenoxy) is 3. The topological polar surface area (TPSA) is 103 Å². The lowest BCUT2D eigenvalue weighted by molar-refractivity contribution is -0.162. The summed E-state index contributed by atoms with van der Waals surface area (Å²) in [4.78, 5) is 11.8. The van der Waals surface area contributed by atoms with Crippen LogP contribution in [0.3, 0.4) is 0 Å². The van der Waals surface area contributed by atoms with Crippen molar-refractivity contribution in [3.05, 3.63) is 0 Å². The molecule has 4 rings (SSSR count). The van der Waals surface area contributed by atoms with E-state index in [1.54, 1.807) is 0 Å². The highest BCUT2D eigenvalue weighted by Crippen LogP contribution is 2.68. The summed E-state index contributed by atoms with van der Waals surface area (Å²) in [5, 5.41) is 15.5. The third-order valence-corrected chi connectivity index (χ3v) is 12.7. The Morgan fingerprint density at radius 3 is 2.29 bits per heavy atom. The Morgan fingerprint density at radius 1 is 0.905 bits per heavy atom. The van der Waals surface area contributed by atoms with Crippen LogP contribution in [0, 0.1) is 46.3 Å². The highest BCUT2D eigenvalue weighted by atomic mass is 16.5. The standard InChI is InChI=1S/C35H64N2O5/c1-25(9-12-33(39)40-4)28-10-11-29-27-24-32(38)31-23-26(13-15-35(31,3)30(27)14-16-34(28,29)2)37-18-8-22-42-20-6-5-19-41-21-7-17-36/h25-32,37-38H,5-24,36H2,1-4H3/t25-,26-,27?,28+,29?,30?,31+,32+,34+,35+/m0/s1. The second-order valence-corrected chi connectivity index (χ2v) is 15.0. The van der Waals surface area contributed by atoms with Crippen molar-refractivity contribution in [3.8, 4) is 0 Å². The van der Waals surface area contributed by atoms with Crippen LogP contribution in [0.5, 0.6) is 0 Å². The average Bonchev–Trinajstić information content (AvgIpc) is 3.34. The van der Waals surface area contributed by atoms with Gasteiger partial charge in [-0.25, -0.2) is 0 Å². The summed E-state index contributed by atoms with van der Waals surface area (Å²) < 4.78 is 16.3. The SMILES string of the molecule is COC(=O)CC[C@H](C)[C@H]1CCC2C3C[C@@H](O)[C@H]4C[C@@H](NCCCOCCCCOCCCN)CC[C@]4(C)C3CC[C@@]21C. The first kappa shape index (κ1) is 34.1. The van der Waals surface area contributed by atoms with Crippen LogP contribution in [0.15, 0.2) is 0 Å². The summed E-state index contributed by atoms with van der Waals surface area (Å²) in [5.41, 5.74) is 6.09. The number of aliphatic hydroxyl groups excluding tert-OH is 1. The van der Waals surface area contributed by atoms with Crippen molar-refractivity contribution >= 4 is 5.97 Å². The van der Waals surface area contributed by atoms with Gasteiger partial charge in [0.15, 0.2) is 0 Å². The molecule has 4 saturated carbocycles. The van der Waals surface area contributed by atoms with Crippen molar-refractivity contribution < 1.29 is 24.1 Å². The summed E-state index contributed by atoms with van der Waals surface area (Å²) in [5.74, 6) is 3.67. The molecule has 7 heteroatoms. The van der Waals surface area contributed by atoms with Crippen LogP contribution in [0.1, 0.15) is 111 Å². The number of aliphatic hydroxyl groups is 1. The van der Waals surface area contributed by atoms with Crippen molar-refractivity contribution in [1.82, 2.24) is 5.32 Å². The molecule has 4 fully saturated rings. The molecule has 4 N–H and O–H groups in total. The van der Waals surface area contributed by atoms with Crippen LogP contribution in [0.25, 0.3) is 0 Å². The third kappa shape index (κ3) is 7.91. The lowest BCUT2D eigenvalue weighted by Crippen LogP contribution is -2.59. The van der Waals surface area contributed by atoms with Gasteiger partial charge in [0.1, 0.15) is 0 Å². The van der Waals surface area contributed by atoms with E-state index in [1.807, 2.05) is 0 Å². The lowest BCUT2D eigenvalue weighted by atomic mass is 9.43. The third-order valence-electron chi connectivity index (χ3n) is 12.7. The van der Waals surface area contributed by atoms with Crippen molar-refractivity contribution in [2.75, 3.05) is 46.6 Å². The summed E-state index contributed by atoms with van der Waals surface area (Å²) in [7, 11) is 1.50. The second-order valence-electron chi connectivity index (χ2n) is 15.0. The number of methoxy groups -OCH3 is 1. The van der Waals surface area contributed by atoms with E-state index in [0.29, 0.717) is 54.0 Å². The number of hydrogen-bond donors (Lipinski definition) is 3. The Labute approximate surface area is 256 Å². The fourth-order valence-corrected chi connectivity index (χ4v) is 10.4. The van der Waals surface area contributed by atoms with Gasteiger partial charge in [-0.15, -0.1) is 0 Å². The number of carbonyl (C=O) groups excluding carboxylic acids is 1. The van der Waals surface area contributed by atoms with E-state index in [4.69, 9.17) is 19.9 Å². The highest BCUT2D eigenvalue weighted by Gasteiger charge is 2.62. The highest BCUT2D eigenvalue weighted by molar-refractivity contribution is 5.69. The quantitative estimate of drug-likeness (QED) is 0.147. The van der Waals surface area contributed by atoms with E-state index in [-0.39, 0.29) is 17.5 Å². The molecule has 0 heterocycles. The van der Waals surface area contributed by atoms with Crippen LogP contribution < -0.4 is 11.1 Å². The number of unbranched alkanes of at least 4 members (excludes halogenated alkanes) is 1. The molecule has 0 aromatic carbocycles. The van der Waals surface area contributed by atoms with E-state index >= 15 is 0 Å². The number of nitrogens with two attached hydrogens (primary N) is 1. The summed E-state index contributed by atoms with van der Waals surface area (Å²) in [6, 6.07) is 0.514. The molecule has 4 aliphatic carbocycles. The molecular weight excluding hydrogens is 528 g/mol. The Morgan fingerprint density at radius 2 is 1.57 bits per heavy atom. The monoisotopic (exact) mass is 592 g/mol. The van der Waals surface area contributed by atoms with Crippen LogP contribution >= 0.6 is 0 Å². The van der Waals surface area contributed by atoms with Crippen LogP contribution in [0.4, 0.5) is 0 Å². The normalized spacial score (nSPS) is 38.4. The zero-order valence-corrected chi connectivity index (χ0v) is 27.4. The van der Waals surface area contributed by atoms with E-state index < -0.39 is 0 Å². The van der Waals surface area contributed by atoms with Crippen molar-refractivity contribution in [3.63, 3.8) is 0 Å². The van der Waals surface area contributed by atoms with Crippen LogP contribution in [-0.2, 0) is 19.0 Å². The molecule has 0 radical (unpaired) electrons. The van der Waals surface area contributed by atoms with Gasteiger partial charge < -0.3 is 30.4 Å². The minimum absolute atomic E-state index is 0.0789. The Balaban J connectivity index is 1.20. The fourth-order valence-electron chi connectivity index (χ4n) is 10.4. The average molecular weight is 593 g/mol. The van der Waals surface area contributed by atoms with Gasteiger partial charge in [0.2, 0.25) is 0 Å². The Hall–Kier alpha value is -0.730. The van der Waals surface area contributed by atoms with Gasteiger partial charge in [-0.05, 0) is 143 Å². The van der Waals surface area contributed by atoms with Gasteiger partial charge in [0, 0.05) is 38.9 Å². The molecule has 0 bridgehead atoms. The Bertz CT molecular complexity index is 827. The molecule has 10 atom stereocenters. The first-order chi connectivity index (χ1) is 20.2. The molecule has 7 nitrogen and oxygen atoms in total. The van der Waals surface area contributed by atoms with Gasteiger partial charge in [-0.3, -0.25) is 4.79 Å². The van der Waals surface area contributed by atoms with E-state index in [0.717, 1.165) is 83.8 Å². The predicted molar refractivity (Wildman–Crippen MR) is 168 cm³/mol. The first-order valence-corrected chi connectivity index (χ1v) is 17.6. The number of esters is 1. The van der Waals surface area contributed by atoms with Gasteiger partial charge in [-0.1, -0.05) is 20.8 Å². The maximum atomic E-state index is 11.8. The predicted octanol–water partition coefficient (Wildman–Crippen LogP) is 5.72. The van der Waals surface area contributed by atoms with Crippen molar-refractivity contribution in [1.29, 1.82) is 0 Å². The zero-order chi connectivity index (χ0) is 30.2. The molecular formula is C35H64N2O5.